The van der Waals surface area contributed by atoms with Gasteiger partial charge in [-0.1, -0.05) is 51.1 Å². The van der Waals surface area contributed by atoms with Crippen molar-refractivity contribution in [3.63, 3.8) is 0 Å². The number of carbonyl (C=O) groups excluding carboxylic acids is 4. The first kappa shape index (κ1) is 58.2. The van der Waals surface area contributed by atoms with Crippen LogP contribution in [0.25, 0.3) is 0 Å². The van der Waals surface area contributed by atoms with Crippen molar-refractivity contribution < 1.29 is 72.0 Å². The van der Waals surface area contributed by atoms with Crippen molar-refractivity contribution in [1.82, 2.24) is 20.4 Å². The fraction of sp³-hybridized carbons (Fsp3) is 0.808. The fourth-order valence-electron chi connectivity index (χ4n) is 11.2. The number of benzene rings is 1. The summed E-state index contributed by atoms with van der Waals surface area (Å²) in [4.78, 5) is 57.3. The topological polar surface area (TPSA) is 222 Å². The Bertz CT molecular complexity index is 1900. The van der Waals surface area contributed by atoms with Crippen molar-refractivity contribution >= 4 is 24.1 Å². The van der Waals surface area contributed by atoms with Crippen LogP contribution < -0.4 is 10.6 Å². The molecule has 4 heterocycles. The van der Waals surface area contributed by atoms with Crippen molar-refractivity contribution in [3.8, 4) is 0 Å². The van der Waals surface area contributed by atoms with E-state index in [1.165, 1.54) is 7.11 Å². The molecule has 2 amide bonds. The van der Waals surface area contributed by atoms with E-state index in [1.807, 2.05) is 95.9 Å². The van der Waals surface area contributed by atoms with Crippen LogP contribution in [0.2, 0.25) is 0 Å². The van der Waals surface area contributed by atoms with E-state index in [0.29, 0.717) is 25.9 Å². The lowest BCUT2D eigenvalue weighted by Gasteiger charge is -2.49. The van der Waals surface area contributed by atoms with Crippen LogP contribution in [-0.4, -0.2) is 182 Å². The largest absolute Gasteiger partial charge is 0.509 e. The van der Waals surface area contributed by atoms with Gasteiger partial charge in [0, 0.05) is 57.6 Å². The van der Waals surface area contributed by atoms with E-state index in [2.05, 4.69) is 10.6 Å². The molecule has 0 aliphatic carbocycles. The number of hydrogen-bond donors (Lipinski definition) is 4. The second kappa shape index (κ2) is 25.0. The number of hydrogen-bond acceptors (Lipinski definition) is 17. The molecule has 4 N–H and O–H groups in total. The first-order valence-electron chi connectivity index (χ1n) is 25.6. The standard InChI is InChI=1S/C52H86N4O15/c1-15-38-52(10)44(70-49(61)71-52)34(6)56(13)29-30(2)27-50(8,62)43(68-47-41(58)37(55(11)12)26-31(3)64-47)32(4)42(33(5)46(59)66-38)67-40-28-51(9,63-14)45(35(7)65-40)69-48(60)54-24-19-22-39(57)53-25-23-36-20-17-16-18-21-36/h16-18,20-21,30-35,37-38,40-45,47,58,62H,15,19,22-29H2,1-14H3,(H,53,57)(H,54,60)/t30-,31-,32+,33-,34-,35+,37+,38?,40+,41-,42+,43-,44-,45+,47+,50-,51-,52+/m1/s1. The number of aliphatic hydroxyl groups is 2. The first-order chi connectivity index (χ1) is 33.3. The normalized spacial score (nSPS) is 39.8. The van der Waals surface area contributed by atoms with Gasteiger partial charge in [-0.25, -0.2) is 9.59 Å². The maximum absolute atomic E-state index is 14.7. The number of alkyl carbamates (subject to hydrolysis) is 1. The lowest BCUT2D eigenvalue weighted by Crippen LogP contribution is -2.61. The minimum atomic E-state index is -1.62. The Morgan fingerprint density at radius 3 is 2.27 bits per heavy atom. The number of nitrogens with one attached hydrogen (secondary N) is 2. The van der Waals surface area contributed by atoms with Gasteiger partial charge in [-0.3, -0.25) is 14.5 Å². The zero-order valence-corrected chi connectivity index (χ0v) is 44.7. The molecule has 0 spiro atoms. The van der Waals surface area contributed by atoms with Crippen LogP contribution in [0.5, 0.6) is 0 Å². The molecule has 4 saturated heterocycles. The van der Waals surface area contributed by atoms with Crippen molar-refractivity contribution in [2.45, 2.75) is 204 Å². The summed E-state index contributed by atoms with van der Waals surface area (Å²) in [7, 11) is 7.17. The van der Waals surface area contributed by atoms with Gasteiger partial charge in [0.25, 0.3) is 0 Å². The molecule has 5 rings (SSSR count). The van der Waals surface area contributed by atoms with Gasteiger partial charge in [0.15, 0.2) is 30.4 Å². The van der Waals surface area contributed by atoms with Crippen LogP contribution >= 0.6 is 0 Å². The van der Waals surface area contributed by atoms with E-state index in [0.717, 1.165) is 12.0 Å². The Morgan fingerprint density at radius 2 is 1.62 bits per heavy atom. The Hall–Kier alpha value is -3.66. The monoisotopic (exact) mass is 1010 g/mol. The van der Waals surface area contributed by atoms with Crippen LogP contribution in [0.3, 0.4) is 0 Å². The number of rotatable bonds is 15. The molecule has 4 aliphatic heterocycles. The fourth-order valence-corrected chi connectivity index (χ4v) is 11.2. The number of cyclic esters (lactones) is 1. The number of fused-ring (bicyclic) bond motifs is 1. The highest BCUT2D eigenvalue weighted by molar-refractivity contribution is 5.76. The summed E-state index contributed by atoms with van der Waals surface area (Å²) in [6.45, 7) is 19.3. The van der Waals surface area contributed by atoms with E-state index < -0.39 is 102 Å². The number of amides is 2. The highest BCUT2D eigenvalue weighted by Gasteiger charge is 2.58. The molecule has 19 heteroatoms. The molecule has 1 unspecified atom stereocenters. The highest BCUT2D eigenvalue weighted by atomic mass is 16.8. The van der Waals surface area contributed by atoms with Crippen LogP contribution in [0, 0.1) is 17.8 Å². The SMILES string of the molecule is CCC1OC(=O)[C@H](C)[C@@H](O[C@H]2C[C@@](C)(OC)[C@@H](OC(=O)NCCCC(=O)NCCc3ccccc3)[C@H](C)O2)[C@H](C)[C@@H](O[C@@H]2O[C@H](C)C[C@H](N(C)C)[C@H]2O)[C@](C)(O)C[C@@H](C)CN(C)[C@H](C)[C@H]2OC(=O)O[C@@]12C. The quantitative estimate of drug-likeness (QED) is 0.104. The highest BCUT2D eigenvalue weighted by Crippen LogP contribution is 2.42. The van der Waals surface area contributed by atoms with Gasteiger partial charge in [-0.15, -0.1) is 0 Å². The smallest absolute Gasteiger partial charge is 0.458 e. The van der Waals surface area contributed by atoms with E-state index in [1.54, 1.807) is 34.6 Å². The molecule has 1 aromatic rings. The van der Waals surface area contributed by atoms with Gasteiger partial charge in [0.2, 0.25) is 5.91 Å². The Kier molecular flexibility index (Phi) is 20.5. The van der Waals surface area contributed by atoms with Gasteiger partial charge in [0.1, 0.15) is 17.8 Å². The lowest BCUT2D eigenvalue weighted by atomic mass is 9.77. The van der Waals surface area contributed by atoms with Crippen molar-refractivity contribution in [2.75, 3.05) is 47.9 Å². The average Bonchev–Trinajstić information content (AvgIpc) is 3.62. The number of aliphatic hydroxyl groups excluding tert-OH is 1. The molecule has 1 aromatic carbocycles. The minimum absolute atomic E-state index is 0.0419. The van der Waals surface area contributed by atoms with Crippen LogP contribution in [0.15, 0.2) is 30.3 Å². The number of likely N-dealkylation sites (N-methyl/N-ethyl adjacent to an activating group) is 2. The van der Waals surface area contributed by atoms with Gasteiger partial charge < -0.3 is 68.4 Å². The number of esters is 1. The molecule has 71 heavy (non-hydrogen) atoms. The molecule has 404 valence electrons. The Balaban J connectivity index is 1.39. The second-order valence-electron chi connectivity index (χ2n) is 21.6. The van der Waals surface area contributed by atoms with E-state index in [4.69, 9.17) is 42.6 Å². The third-order valence-electron chi connectivity index (χ3n) is 15.3. The number of ether oxygens (including phenoxy) is 9. The predicted octanol–water partition coefficient (Wildman–Crippen LogP) is 4.96. The molecule has 4 aliphatic rings. The predicted molar refractivity (Wildman–Crippen MR) is 262 cm³/mol. The van der Waals surface area contributed by atoms with Gasteiger partial charge in [0.05, 0.1) is 35.9 Å². The summed E-state index contributed by atoms with van der Waals surface area (Å²) in [5, 5.41) is 30.2. The Morgan fingerprint density at radius 1 is 0.930 bits per heavy atom. The summed E-state index contributed by atoms with van der Waals surface area (Å²) >= 11 is 0. The average molecular weight is 1010 g/mol. The lowest BCUT2D eigenvalue weighted by molar-refractivity contribution is -0.317. The van der Waals surface area contributed by atoms with E-state index >= 15 is 0 Å². The number of carbonyl (C=O) groups is 4. The Labute approximate surface area is 421 Å². The molecule has 19 nitrogen and oxygen atoms in total. The molecule has 4 fully saturated rings. The van der Waals surface area contributed by atoms with Crippen LogP contribution in [-0.2, 0) is 58.6 Å². The summed E-state index contributed by atoms with van der Waals surface area (Å²) in [6.07, 6.45) is -8.38. The van der Waals surface area contributed by atoms with Gasteiger partial charge in [-0.05, 0) is 113 Å². The number of nitrogens with zero attached hydrogens (tertiary/aromatic N) is 2. The van der Waals surface area contributed by atoms with Crippen LogP contribution in [0.4, 0.5) is 9.59 Å². The second-order valence-corrected chi connectivity index (χ2v) is 21.6. The molecular formula is C52H86N4O15. The summed E-state index contributed by atoms with van der Waals surface area (Å²) < 4.78 is 56.6. The molecule has 18 atom stereocenters. The minimum Gasteiger partial charge on any atom is -0.458 e. The molecule has 0 radical (unpaired) electrons. The van der Waals surface area contributed by atoms with E-state index in [-0.39, 0.29) is 62.2 Å². The molecule has 0 saturated carbocycles. The number of methoxy groups -OCH3 is 1. The first-order valence-corrected chi connectivity index (χ1v) is 25.6. The molecular weight excluding hydrogens is 921 g/mol. The maximum Gasteiger partial charge on any atom is 0.509 e. The molecule has 0 bridgehead atoms. The van der Waals surface area contributed by atoms with E-state index in [9.17, 15) is 29.4 Å². The van der Waals surface area contributed by atoms with Crippen molar-refractivity contribution in [2.24, 2.45) is 17.8 Å². The molecule has 0 aromatic heterocycles. The van der Waals surface area contributed by atoms with Crippen LogP contribution in [0.1, 0.15) is 113 Å². The van der Waals surface area contributed by atoms with Gasteiger partial charge in [-0.2, -0.15) is 0 Å². The summed E-state index contributed by atoms with van der Waals surface area (Å²) in [5.41, 5.74) is -3.00. The van der Waals surface area contributed by atoms with Crippen molar-refractivity contribution in [3.05, 3.63) is 35.9 Å². The summed E-state index contributed by atoms with van der Waals surface area (Å²) in [6, 6.07) is 9.18. The summed E-state index contributed by atoms with van der Waals surface area (Å²) in [5.74, 6) is -2.83. The maximum atomic E-state index is 14.7. The third-order valence-corrected chi connectivity index (χ3v) is 15.3. The zero-order chi connectivity index (χ0) is 52.6. The van der Waals surface area contributed by atoms with Gasteiger partial charge >= 0.3 is 18.2 Å². The van der Waals surface area contributed by atoms with Crippen molar-refractivity contribution in [1.29, 1.82) is 0 Å². The zero-order valence-electron chi connectivity index (χ0n) is 44.7. The third kappa shape index (κ3) is 14.6.